The average molecular weight is 628 g/mol. The number of hydrogen-bond donors (Lipinski definition) is 1. The molecule has 0 spiro atoms. The topological polar surface area (TPSA) is 83.8 Å². The lowest BCUT2D eigenvalue weighted by molar-refractivity contribution is -0.119. The Bertz CT molecular complexity index is 1650. The van der Waals surface area contributed by atoms with Gasteiger partial charge in [-0.2, -0.15) is 5.10 Å². The van der Waals surface area contributed by atoms with Crippen LogP contribution in [-0.2, 0) is 14.8 Å². The molecule has 0 unspecified atom stereocenters. The standard InChI is InChI=1S/C29H28BrClN4O3S/c1-19-5-12-27(13-6-19)39(37,38)34(28-14-9-25(31)15-20(28)2)18-29(36)33-32-17-23-16-21(3)35(22(23)4)26-10-7-24(30)8-11-26/h5-17H,18H2,1-4H3,(H,33,36)/b32-17-. The molecule has 202 valence electrons. The van der Waals surface area contributed by atoms with E-state index in [9.17, 15) is 13.2 Å². The number of hydrazone groups is 1. The van der Waals surface area contributed by atoms with Gasteiger partial charge in [0.15, 0.2) is 0 Å². The first-order valence-electron chi connectivity index (χ1n) is 12.1. The first-order chi connectivity index (χ1) is 18.5. The second-order valence-corrected chi connectivity index (χ2v) is 12.4. The van der Waals surface area contributed by atoms with Gasteiger partial charge in [0.2, 0.25) is 0 Å². The maximum atomic E-state index is 13.6. The van der Waals surface area contributed by atoms with Crippen LogP contribution >= 0.6 is 27.5 Å². The molecule has 7 nitrogen and oxygen atoms in total. The summed E-state index contributed by atoms with van der Waals surface area (Å²) in [7, 11) is -4.05. The fourth-order valence-electron chi connectivity index (χ4n) is 4.28. The Balaban J connectivity index is 1.57. The summed E-state index contributed by atoms with van der Waals surface area (Å²) in [4.78, 5) is 13.1. The molecule has 1 N–H and O–H groups in total. The van der Waals surface area contributed by atoms with Crippen molar-refractivity contribution in [2.24, 2.45) is 5.10 Å². The van der Waals surface area contributed by atoms with Crippen molar-refractivity contribution in [2.75, 3.05) is 10.8 Å². The molecule has 4 rings (SSSR count). The maximum Gasteiger partial charge on any atom is 0.264 e. The van der Waals surface area contributed by atoms with Crippen molar-refractivity contribution >= 4 is 55.4 Å². The summed E-state index contributed by atoms with van der Waals surface area (Å²) >= 11 is 9.56. The number of carbonyl (C=O) groups excluding carboxylic acids is 1. The lowest BCUT2D eigenvalue weighted by Gasteiger charge is -2.25. The van der Waals surface area contributed by atoms with E-state index in [0.29, 0.717) is 16.3 Å². The molecular formula is C29H28BrClN4O3S. The smallest absolute Gasteiger partial charge is 0.264 e. The Morgan fingerprint density at radius 1 is 1.00 bits per heavy atom. The molecule has 0 aliphatic rings. The Morgan fingerprint density at radius 3 is 2.31 bits per heavy atom. The number of anilines is 1. The fourth-order valence-corrected chi connectivity index (χ4v) is 6.26. The maximum absolute atomic E-state index is 13.6. The Labute approximate surface area is 242 Å². The third-order valence-corrected chi connectivity index (χ3v) is 8.81. The summed E-state index contributed by atoms with van der Waals surface area (Å²) in [5.41, 5.74) is 8.18. The van der Waals surface area contributed by atoms with Crippen LogP contribution in [0.4, 0.5) is 5.69 Å². The molecule has 10 heteroatoms. The third kappa shape index (κ3) is 6.43. The molecule has 0 saturated carbocycles. The van der Waals surface area contributed by atoms with E-state index in [2.05, 4.69) is 31.0 Å². The largest absolute Gasteiger partial charge is 0.318 e. The zero-order valence-electron chi connectivity index (χ0n) is 21.9. The average Bonchev–Trinajstić information content (AvgIpc) is 3.16. The highest BCUT2D eigenvalue weighted by molar-refractivity contribution is 9.10. The van der Waals surface area contributed by atoms with E-state index in [1.54, 1.807) is 43.5 Å². The van der Waals surface area contributed by atoms with E-state index in [1.165, 1.54) is 12.1 Å². The van der Waals surface area contributed by atoms with Gasteiger partial charge in [0, 0.05) is 32.1 Å². The SMILES string of the molecule is Cc1ccc(S(=O)(=O)N(CC(=O)N/N=C\c2cc(C)n(-c3ccc(Br)cc3)c2C)c2ccc(Cl)cc2C)cc1. The van der Waals surface area contributed by atoms with Gasteiger partial charge in [-0.3, -0.25) is 9.10 Å². The van der Waals surface area contributed by atoms with Crippen molar-refractivity contribution in [1.82, 2.24) is 9.99 Å². The number of benzene rings is 3. The van der Waals surface area contributed by atoms with Crippen LogP contribution in [0.15, 0.2) is 87.3 Å². The van der Waals surface area contributed by atoms with Crippen LogP contribution in [0.25, 0.3) is 5.69 Å². The Hall–Kier alpha value is -3.40. The van der Waals surface area contributed by atoms with Gasteiger partial charge in [-0.05, 0) is 93.9 Å². The van der Waals surface area contributed by atoms with E-state index in [4.69, 9.17) is 11.6 Å². The molecule has 0 atom stereocenters. The van der Waals surface area contributed by atoms with Crippen molar-refractivity contribution in [1.29, 1.82) is 0 Å². The molecule has 0 saturated heterocycles. The minimum Gasteiger partial charge on any atom is -0.318 e. The first-order valence-corrected chi connectivity index (χ1v) is 14.7. The van der Waals surface area contributed by atoms with Crippen molar-refractivity contribution in [3.05, 3.63) is 110 Å². The minimum atomic E-state index is -4.05. The van der Waals surface area contributed by atoms with Gasteiger partial charge >= 0.3 is 0 Å². The van der Waals surface area contributed by atoms with Gasteiger partial charge in [-0.25, -0.2) is 13.8 Å². The van der Waals surface area contributed by atoms with Gasteiger partial charge < -0.3 is 4.57 Å². The van der Waals surface area contributed by atoms with Gasteiger partial charge in [-0.15, -0.1) is 0 Å². The first kappa shape index (κ1) is 28.6. The normalized spacial score (nSPS) is 11.6. The van der Waals surface area contributed by atoms with Crippen LogP contribution in [-0.4, -0.2) is 31.7 Å². The zero-order chi connectivity index (χ0) is 28.3. The zero-order valence-corrected chi connectivity index (χ0v) is 25.1. The number of amides is 1. The Kier molecular flexibility index (Phi) is 8.64. The van der Waals surface area contributed by atoms with Crippen LogP contribution in [0.1, 0.15) is 28.1 Å². The number of hydrogen-bond acceptors (Lipinski definition) is 4. The molecule has 1 heterocycles. The third-order valence-electron chi connectivity index (χ3n) is 6.27. The molecule has 3 aromatic carbocycles. The number of carbonyl (C=O) groups is 1. The van der Waals surface area contributed by atoms with Crippen LogP contribution in [0, 0.1) is 27.7 Å². The van der Waals surface area contributed by atoms with E-state index >= 15 is 0 Å². The van der Waals surface area contributed by atoms with E-state index in [1.807, 2.05) is 51.1 Å². The molecular weight excluding hydrogens is 600 g/mol. The van der Waals surface area contributed by atoms with Crippen LogP contribution in [0.2, 0.25) is 5.02 Å². The lowest BCUT2D eigenvalue weighted by atomic mass is 10.2. The molecule has 1 amide bonds. The highest BCUT2D eigenvalue weighted by atomic mass is 79.9. The van der Waals surface area contributed by atoms with Crippen LogP contribution in [0.3, 0.4) is 0 Å². The lowest BCUT2D eigenvalue weighted by Crippen LogP contribution is -2.40. The summed E-state index contributed by atoms with van der Waals surface area (Å²) < 4.78 is 31.4. The summed E-state index contributed by atoms with van der Waals surface area (Å²) in [6.07, 6.45) is 1.56. The van der Waals surface area contributed by atoms with Gasteiger partial charge in [-0.1, -0.05) is 45.2 Å². The summed E-state index contributed by atoms with van der Waals surface area (Å²) in [6, 6.07) is 21.3. The number of nitrogens with one attached hydrogen (secondary N) is 1. The summed E-state index contributed by atoms with van der Waals surface area (Å²) in [5.74, 6) is -0.585. The number of rotatable bonds is 8. The van der Waals surface area contributed by atoms with E-state index in [0.717, 1.165) is 37.0 Å². The quantitative estimate of drug-likeness (QED) is 0.180. The van der Waals surface area contributed by atoms with Crippen molar-refractivity contribution in [3.8, 4) is 5.69 Å². The molecule has 0 radical (unpaired) electrons. The number of sulfonamides is 1. The molecule has 4 aromatic rings. The van der Waals surface area contributed by atoms with Gasteiger partial charge in [0.05, 0.1) is 16.8 Å². The molecule has 1 aromatic heterocycles. The number of halogens is 2. The Morgan fingerprint density at radius 2 is 1.67 bits per heavy atom. The molecule has 39 heavy (non-hydrogen) atoms. The predicted octanol–water partition coefficient (Wildman–Crippen LogP) is 6.47. The van der Waals surface area contributed by atoms with Crippen molar-refractivity contribution in [2.45, 2.75) is 32.6 Å². The summed E-state index contributed by atoms with van der Waals surface area (Å²) in [5, 5.41) is 4.60. The number of aryl methyl sites for hydroxylation is 3. The molecule has 0 aliphatic heterocycles. The van der Waals surface area contributed by atoms with E-state index in [-0.39, 0.29) is 4.90 Å². The van der Waals surface area contributed by atoms with Gasteiger partial charge in [0.25, 0.3) is 15.9 Å². The number of nitrogens with zero attached hydrogens (tertiary/aromatic N) is 3. The fraction of sp³-hybridized carbons (Fsp3) is 0.172. The minimum absolute atomic E-state index is 0.0825. The molecule has 0 aliphatic carbocycles. The predicted molar refractivity (Wildman–Crippen MR) is 161 cm³/mol. The van der Waals surface area contributed by atoms with E-state index < -0.39 is 22.5 Å². The number of aromatic nitrogens is 1. The van der Waals surface area contributed by atoms with Gasteiger partial charge in [0.1, 0.15) is 6.54 Å². The second kappa shape index (κ2) is 11.8. The summed E-state index contributed by atoms with van der Waals surface area (Å²) in [6.45, 7) is 7.12. The van der Waals surface area contributed by atoms with Crippen molar-refractivity contribution < 1.29 is 13.2 Å². The molecule has 0 fully saturated rings. The highest BCUT2D eigenvalue weighted by Crippen LogP contribution is 2.29. The second-order valence-electron chi connectivity index (χ2n) is 9.19. The van der Waals surface area contributed by atoms with Crippen LogP contribution in [0.5, 0.6) is 0 Å². The monoisotopic (exact) mass is 626 g/mol. The molecule has 0 bridgehead atoms. The van der Waals surface area contributed by atoms with Crippen molar-refractivity contribution in [3.63, 3.8) is 0 Å². The highest BCUT2D eigenvalue weighted by Gasteiger charge is 2.28. The van der Waals surface area contributed by atoms with Crippen LogP contribution < -0.4 is 9.73 Å².